The lowest BCUT2D eigenvalue weighted by atomic mass is 10.2. The van der Waals surface area contributed by atoms with Crippen LogP contribution in [0.25, 0.3) is 0 Å². The van der Waals surface area contributed by atoms with Crippen LogP contribution in [-0.2, 0) is 19.3 Å². The molecule has 0 saturated heterocycles. The van der Waals surface area contributed by atoms with E-state index in [2.05, 4.69) is 20.8 Å². The van der Waals surface area contributed by atoms with Gasteiger partial charge in [-0.05, 0) is 63.0 Å². The van der Waals surface area contributed by atoms with Gasteiger partial charge in [-0.3, -0.25) is 9.36 Å². The van der Waals surface area contributed by atoms with Crippen LogP contribution in [0, 0.1) is 13.8 Å². The Hall–Kier alpha value is -2.01. The molecule has 36 heavy (non-hydrogen) atoms. The van der Waals surface area contributed by atoms with Gasteiger partial charge in [-0.1, -0.05) is 40.9 Å². The van der Waals surface area contributed by atoms with Crippen molar-refractivity contribution < 1.29 is 13.2 Å². The fourth-order valence-electron chi connectivity index (χ4n) is 3.98. The molecular weight excluding hydrogens is 556 g/mol. The Bertz CT molecular complexity index is 1280. The zero-order valence-corrected chi connectivity index (χ0v) is 22.6. The van der Waals surface area contributed by atoms with E-state index in [1.165, 1.54) is 4.68 Å². The highest BCUT2D eigenvalue weighted by atomic mass is 35.5. The normalized spacial score (nSPS) is 13.8. The van der Waals surface area contributed by atoms with Gasteiger partial charge in [-0.2, -0.15) is 23.4 Å². The number of aromatic nitrogens is 4. The summed E-state index contributed by atoms with van der Waals surface area (Å²) in [7, 11) is 0. The quantitative estimate of drug-likeness (QED) is 0.223. The number of nitrogens with one attached hydrogen (secondary N) is 2. The van der Waals surface area contributed by atoms with E-state index in [1.54, 1.807) is 12.1 Å². The maximum Gasteiger partial charge on any atom is 0.436 e. The van der Waals surface area contributed by atoms with Crippen molar-refractivity contribution in [3.05, 3.63) is 61.6 Å². The van der Waals surface area contributed by atoms with Crippen molar-refractivity contribution >= 4 is 57.8 Å². The molecule has 194 valence electrons. The number of benzene rings is 1. The van der Waals surface area contributed by atoms with E-state index in [-0.39, 0.29) is 10.9 Å². The standard InChI is InChI=1S/C23H24Cl3F3N6S/c1-12-19(13(2)35(32-12)11-15-6-7-16(24)10-17(15)25)31-22(36)30-8-3-9-34-20(14-4-5-14)18(26)21(33-34)23(27,28)29/h6-7,10,14H,3-5,8-9,11H2,1-2H3,(H2,30,31,36). The van der Waals surface area contributed by atoms with Gasteiger partial charge in [-0.15, -0.1) is 0 Å². The first-order valence-corrected chi connectivity index (χ1v) is 12.9. The molecule has 6 nitrogen and oxygen atoms in total. The van der Waals surface area contributed by atoms with Crippen LogP contribution >= 0.6 is 47.0 Å². The molecule has 2 aromatic heterocycles. The molecule has 2 N–H and O–H groups in total. The molecule has 1 aromatic carbocycles. The van der Waals surface area contributed by atoms with Crippen molar-refractivity contribution in [3.63, 3.8) is 0 Å². The van der Waals surface area contributed by atoms with E-state index in [1.807, 2.05) is 24.6 Å². The molecule has 1 aliphatic rings. The molecule has 0 bridgehead atoms. The van der Waals surface area contributed by atoms with Gasteiger partial charge >= 0.3 is 6.18 Å². The Labute approximate surface area is 227 Å². The predicted octanol–water partition coefficient (Wildman–Crippen LogP) is 6.98. The number of nitrogens with zero attached hydrogens (tertiary/aromatic N) is 4. The second kappa shape index (κ2) is 10.8. The van der Waals surface area contributed by atoms with E-state index >= 15 is 0 Å². The number of halogens is 6. The average Bonchev–Trinajstić information content (AvgIpc) is 3.52. The average molecular weight is 580 g/mol. The number of hydrogen-bond acceptors (Lipinski definition) is 3. The molecule has 1 fully saturated rings. The number of thiocarbonyl (C=S) groups is 1. The lowest BCUT2D eigenvalue weighted by Crippen LogP contribution is -2.30. The van der Waals surface area contributed by atoms with Gasteiger partial charge in [0.25, 0.3) is 0 Å². The smallest absolute Gasteiger partial charge is 0.362 e. The van der Waals surface area contributed by atoms with Crippen molar-refractivity contribution in [1.29, 1.82) is 0 Å². The molecular formula is C23H24Cl3F3N6S. The van der Waals surface area contributed by atoms with Crippen LogP contribution in [0.4, 0.5) is 18.9 Å². The maximum absolute atomic E-state index is 13.2. The summed E-state index contributed by atoms with van der Waals surface area (Å²) in [6, 6.07) is 5.33. The van der Waals surface area contributed by atoms with Crippen molar-refractivity contribution in [2.24, 2.45) is 0 Å². The zero-order chi connectivity index (χ0) is 26.2. The van der Waals surface area contributed by atoms with Crippen molar-refractivity contribution in [1.82, 2.24) is 24.9 Å². The van der Waals surface area contributed by atoms with Gasteiger partial charge in [0.2, 0.25) is 0 Å². The third-order valence-corrected chi connectivity index (χ3v) is 7.16. The number of alkyl halides is 3. The number of anilines is 1. The van der Waals surface area contributed by atoms with Gasteiger partial charge in [-0.25, -0.2) is 0 Å². The summed E-state index contributed by atoms with van der Waals surface area (Å²) in [6.45, 7) is 5.02. The fraction of sp³-hybridized carbons (Fsp3) is 0.435. The lowest BCUT2D eigenvalue weighted by molar-refractivity contribution is -0.141. The van der Waals surface area contributed by atoms with Crippen LogP contribution in [0.5, 0.6) is 0 Å². The lowest BCUT2D eigenvalue weighted by Gasteiger charge is -2.12. The topological polar surface area (TPSA) is 59.7 Å². The Balaban J connectivity index is 1.33. The summed E-state index contributed by atoms with van der Waals surface area (Å²) in [4.78, 5) is 0. The summed E-state index contributed by atoms with van der Waals surface area (Å²) in [5, 5.41) is 15.8. The summed E-state index contributed by atoms with van der Waals surface area (Å²) >= 11 is 23.7. The molecule has 2 heterocycles. The van der Waals surface area contributed by atoms with Crippen molar-refractivity contribution in [2.75, 3.05) is 11.9 Å². The molecule has 0 unspecified atom stereocenters. The van der Waals surface area contributed by atoms with Gasteiger partial charge in [0.15, 0.2) is 10.8 Å². The number of rotatable bonds is 8. The Morgan fingerprint density at radius 2 is 1.86 bits per heavy atom. The van der Waals surface area contributed by atoms with Crippen LogP contribution < -0.4 is 10.6 Å². The first-order valence-electron chi connectivity index (χ1n) is 11.3. The highest BCUT2D eigenvalue weighted by Crippen LogP contribution is 2.46. The Kier molecular flexibility index (Phi) is 8.09. The van der Waals surface area contributed by atoms with Crippen molar-refractivity contribution in [2.45, 2.75) is 58.3 Å². The molecule has 0 spiro atoms. The fourth-order valence-corrected chi connectivity index (χ4v) is 5.05. The maximum atomic E-state index is 13.2. The predicted molar refractivity (Wildman–Crippen MR) is 140 cm³/mol. The van der Waals surface area contributed by atoms with Crippen LogP contribution in [-0.4, -0.2) is 31.2 Å². The summed E-state index contributed by atoms with van der Waals surface area (Å²) in [6.07, 6.45) is -2.41. The monoisotopic (exact) mass is 578 g/mol. The minimum Gasteiger partial charge on any atom is -0.362 e. The van der Waals surface area contributed by atoms with Crippen LogP contribution in [0.3, 0.4) is 0 Å². The van der Waals surface area contributed by atoms with Gasteiger partial charge in [0.05, 0.1) is 34.3 Å². The van der Waals surface area contributed by atoms with Crippen LogP contribution in [0.1, 0.15) is 53.5 Å². The van der Waals surface area contributed by atoms with E-state index in [9.17, 15) is 13.2 Å². The second-order valence-electron chi connectivity index (χ2n) is 8.72. The highest BCUT2D eigenvalue weighted by molar-refractivity contribution is 7.80. The molecule has 4 rings (SSSR count). The molecule has 1 saturated carbocycles. The zero-order valence-electron chi connectivity index (χ0n) is 19.5. The summed E-state index contributed by atoms with van der Waals surface area (Å²) in [5.74, 6) is 0.0436. The Morgan fingerprint density at radius 3 is 2.50 bits per heavy atom. The number of aryl methyl sites for hydroxylation is 2. The summed E-state index contributed by atoms with van der Waals surface area (Å²) < 4.78 is 42.9. The van der Waals surface area contributed by atoms with E-state index in [0.29, 0.717) is 46.9 Å². The number of hydrogen-bond donors (Lipinski definition) is 2. The molecule has 0 radical (unpaired) electrons. The first-order chi connectivity index (χ1) is 17.0. The van der Waals surface area contributed by atoms with Crippen molar-refractivity contribution in [3.8, 4) is 0 Å². The molecule has 3 aromatic rings. The van der Waals surface area contributed by atoms with Gasteiger partial charge in [0.1, 0.15) is 0 Å². The largest absolute Gasteiger partial charge is 0.436 e. The van der Waals surface area contributed by atoms with E-state index in [0.717, 1.165) is 35.5 Å². The molecule has 0 aliphatic heterocycles. The van der Waals surface area contributed by atoms with Crippen LogP contribution in [0.2, 0.25) is 15.1 Å². The Morgan fingerprint density at radius 1 is 1.14 bits per heavy atom. The van der Waals surface area contributed by atoms with E-state index in [4.69, 9.17) is 47.0 Å². The second-order valence-corrected chi connectivity index (χ2v) is 10.3. The van der Waals surface area contributed by atoms with E-state index < -0.39 is 11.9 Å². The summed E-state index contributed by atoms with van der Waals surface area (Å²) in [5.41, 5.74) is 2.77. The van der Waals surface area contributed by atoms with Gasteiger partial charge < -0.3 is 10.6 Å². The highest BCUT2D eigenvalue weighted by Gasteiger charge is 2.41. The minimum atomic E-state index is -4.57. The molecule has 0 amide bonds. The third-order valence-electron chi connectivity index (χ3n) is 5.95. The first kappa shape index (κ1) is 27.0. The van der Waals surface area contributed by atoms with Gasteiger partial charge in [0, 0.05) is 29.1 Å². The van der Waals surface area contributed by atoms with Crippen LogP contribution in [0.15, 0.2) is 18.2 Å². The molecule has 1 aliphatic carbocycles. The molecule has 0 atom stereocenters. The molecule has 13 heteroatoms. The minimum absolute atomic E-state index is 0.0436. The third kappa shape index (κ3) is 6.10. The SMILES string of the molecule is Cc1nn(Cc2ccc(Cl)cc2Cl)c(C)c1NC(=S)NCCCn1nc(C(F)(F)F)c(Cl)c1C1CC1.